The number of nitrogens with zero attached hydrogens (tertiary/aromatic N) is 1. The van der Waals surface area contributed by atoms with Crippen molar-refractivity contribution in [3.63, 3.8) is 0 Å². The van der Waals surface area contributed by atoms with Crippen LogP contribution in [-0.4, -0.2) is 5.78 Å². The van der Waals surface area contributed by atoms with E-state index in [0.717, 1.165) is 16.7 Å². The molecule has 100 valence electrons. The number of ketones is 1. The van der Waals surface area contributed by atoms with E-state index in [9.17, 15) is 10.1 Å². The average molecular weight is 284 g/mol. The van der Waals surface area contributed by atoms with Crippen LogP contribution in [0.25, 0.3) is 0 Å². The van der Waals surface area contributed by atoms with Gasteiger partial charge in [-0.2, -0.15) is 5.26 Å². The second-order valence-corrected chi connectivity index (χ2v) is 5.24. The van der Waals surface area contributed by atoms with Crippen molar-refractivity contribution < 1.29 is 4.79 Å². The summed E-state index contributed by atoms with van der Waals surface area (Å²) in [5, 5.41) is 9.88. The molecule has 20 heavy (non-hydrogen) atoms. The van der Waals surface area contributed by atoms with Gasteiger partial charge in [-0.3, -0.25) is 4.79 Å². The molecule has 0 N–H and O–H groups in total. The molecule has 3 heteroatoms. The first-order valence-electron chi connectivity index (χ1n) is 6.29. The van der Waals surface area contributed by atoms with E-state index < -0.39 is 5.92 Å². The molecule has 0 aliphatic carbocycles. The summed E-state index contributed by atoms with van der Waals surface area (Å²) in [6.45, 7) is 3.77. The number of aryl methyl sites for hydroxylation is 2. The second kappa shape index (κ2) is 5.90. The fourth-order valence-electron chi connectivity index (χ4n) is 2.23. The van der Waals surface area contributed by atoms with Crippen LogP contribution in [0, 0.1) is 25.2 Å². The van der Waals surface area contributed by atoms with Gasteiger partial charge < -0.3 is 0 Å². The molecule has 0 fully saturated rings. The Hall–Kier alpha value is -2.11. The number of carbonyl (C=O) groups excluding carboxylic acids is 1. The topological polar surface area (TPSA) is 40.9 Å². The smallest absolute Gasteiger partial charge is 0.184 e. The molecule has 0 saturated carbocycles. The molecular formula is C17H14ClNO. The molecule has 0 aliphatic rings. The van der Waals surface area contributed by atoms with Gasteiger partial charge in [-0.25, -0.2) is 0 Å². The van der Waals surface area contributed by atoms with Gasteiger partial charge in [0.05, 0.1) is 6.07 Å². The van der Waals surface area contributed by atoms with E-state index in [4.69, 9.17) is 11.6 Å². The van der Waals surface area contributed by atoms with Gasteiger partial charge in [0.1, 0.15) is 5.92 Å². The van der Waals surface area contributed by atoms with Gasteiger partial charge in [0, 0.05) is 10.6 Å². The maximum Gasteiger partial charge on any atom is 0.184 e. The molecule has 0 heterocycles. The first-order chi connectivity index (χ1) is 9.52. The minimum Gasteiger partial charge on any atom is -0.292 e. The van der Waals surface area contributed by atoms with Crippen LogP contribution in [0.2, 0.25) is 5.02 Å². The van der Waals surface area contributed by atoms with E-state index in [-0.39, 0.29) is 5.78 Å². The standard InChI is InChI=1S/C17H14ClNO/c1-11-7-13(9-14(18)8-11)17(20)16(10-19)15-6-4-3-5-12(15)2/h3-9,16H,1-2H3. The highest BCUT2D eigenvalue weighted by Gasteiger charge is 2.23. The monoisotopic (exact) mass is 283 g/mol. The molecule has 2 rings (SSSR count). The molecule has 2 nitrogen and oxygen atoms in total. The first-order valence-corrected chi connectivity index (χ1v) is 6.67. The maximum atomic E-state index is 12.6. The van der Waals surface area contributed by atoms with Crippen molar-refractivity contribution in [1.29, 1.82) is 5.26 Å². The third-order valence-electron chi connectivity index (χ3n) is 3.22. The molecule has 0 aromatic heterocycles. The molecule has 0 radical (unpaired) electrons. The number of benzene rings is 2. The Morgan fingerprint density at radius 2 is 1.90 bits per heavy atom. The minimum absolute atomic E-state index is 0.215. The maximum absolute atomic E-state index is 12.6. The normalized spacial score (nSPS) is 11.7. The van der Waals surface area contributed by atoms with Crippen LogP contribution >= 0.6 is 11.6 Å². The lowest BCUT2D eigenvalue weighted by molar-refractivity contribution is 0.0978. The highest BCUT2D eigenvalue weighted by molar-refractivity contribution is 6.31. The zero-order valence-corrected chi connectivity index (χ0v) is 12.1. The van der Waals surface area contributed by atoms with Crippen molar-refractivity contribution in [2.24, 2.45) is 0 Å². The van der Waals surface area contributed by atoms with Crippen molar-refractivity contribution in [1.82, 2.24) is 0 Å². The molecule has 0 spiro atoms. The van der Waals surface area contributed by atoms with Gasteiger partial charge in [-0.05, 0) is 48.7 Å². The van der Waals surface area contributed by atoms with Crippen molar-refractivity contribution in [3.8, 4) is 6.07 Å². The van der Waals surface area contributed by atoms with Crippen LogP contribution in [0.1, 0.15) is 33.0 Å². The zero-order chi connectivity index (χ0) is 14.7. The van der Waals surface area contributed by atoms with Gasteiger partial charge in [-0.15, -0.1) is 0 Å². The van der Waals surface area contributed by atoms with Crippen molar-refractivity contribution in [3.05, 3.63) is 69.7 Å². The van der Waals surface area contributed by atoms with E-state index in [1.165, 1.54) is 0 Å². The lowest BCUT2D eigenvalue weighted by Crippen LogP contribution is -2.12. The third kappa shape index (κ3) is 2.89. The van der Waals surface area contributed by atoms with E-state index >= 15 is 0 Å². The fraction of sp³-hybridized carbons (Fsp3) is 0.176. The highest BCUT2D eigenvalue weighted by atomic mass is 35.5. The largest absolute Gasteiger partial charge is 0.292 e. The SMILES string of the molecule is Cc1cc(Cl)cc(C(=O)C(C#N)c2ccccc2C)c1. The molecule has 0 bridgehead atoms. The second-order valence-electron chi connectivity index (χ2n) is 4.80. The first kappa shape index (κ1) is 14.3. The molecule has 0 aliphatic heterocycles. The summed E-state index contributed by atoms with van der Waals surface area (Å²) in [6.07, 6.45) is 0. The predicted molar refractivity (Wildman–Crippen MR) is 80.1 cm³/mol. The number of rotatable bonds is 3. The van der Waals surface area contributed by atoms with Gasteiger partial charge in [0.2, 0.25) is 0 Å². The van der Waals surface area contributed by atoms with Crippen LogP contribution < -0.4 is 0 Å². The van der Waals surface area contributed by atoms with E-state index in [1.54, 1.807) is 18.2 Å². The average Bonchev–Trinajstić information content (AvgIpc) is 2.40. The number of Topliss-reactive ketones (excluding diaryl/α,β-unsaturated/α-hetero) is 1. The van der Waals surface area contributed by atoms with Crippen LogP contribution in [0.5, 0.6) is 0 Å². The zero-order valence-electron chi connectivity index (χ0n) is 11.4. The Morgan fingerprint density at radius 1 is 1.20 bits per heavy atom. The summed E-state index contributed by atoms with van der Waals surface area (Å²) >= 11 is 5.98. The molecule has 0 saturated heterocycles. The summed E-state index contributed by atoms with van der Waals surface area (Å²) in [7, 11) is 0. The molecule has 2 aromatic rings. The Bertz CT molecular complexity index is 680. The molecule has 0 amide bonds. The van der Waals surface area contributed by atoms with Gasteiger partial charge >= 0.3 is 0 Å². The summed E-state index contributed by atoms with van der Waals surface area (Å²) in [4.78, 5) is 12.6. The number of nitriles is 1. The lowest BCUT2D eigenvalue weighted by Gasteiger charge is -2.12. The summed E-state index contributed by atoms with van der Waals surface area (Å²) in [6, 6.07) is 14.7. The van der Waals surface area contributed by atoms with E-state index in [0.29, 0.717) is 10.6 Å². The third-order valence-corrected chi connectivity index (χ3v) is 3.44. The Balaban J connectivity index is 2.45. The number of carbonyl (C=O) groups is 1. The summed E-state index contributed by atoms with van der Waals surface area (Å²) in [5.41, 5.74) is 3.07. The Morgan fingerprint density at radius 3 is 2.50 bits per heavy atom. The van der Waals surface area contributed by atoms with Crippen LogP contribution in [0.3, 0.4) is 0 Å². The minimum atomic E-state index is -0.797. The van der Waals surface area contributed by atoms with Crippen molar-refractivity contribution in [2.75, 3.05) is 0 Å². The van der Waals surface area contributed by atoms with Crippen molar-refractivity contribution >= 4 is 17.4 Å². The van der Waals surface area contributed by atoms with Gasteiger partial charge in [0.25, 0.3) is 0 Å². The molecule has 2 aromatic carbocycles. The molecule has 1 atom stereocenters. The number of halogens is 1. The highest BCUT2D eigenvalue weighted by Crippen LogP contribution is 2.25. The molecule has 1 unspecified atom stereocenters. The lowest BCUT2D eigenvalue weighted by atomic mass is 9.89. The summed E-state index contributed by atoms with van der Waals surface area (Å²) in [5.74, 6) is -1.01. The van der Waals surface area contributed by atoms with E-state index in [1.807, 2.05) is 38.1 Å². The number of hydrogen-bond donors (Lipinski definition) is 0. The van der Waals surface area contributed by atoms with E-state index in [2.05, 4.69) is 6.07 Å². The Kier molecular flexibility index (Phi) is 4.22. The molecular weight excluding hydrogens is 270 g/mol. The van der Waals surface area contributed by atoms with Crippen LogP contribution in [-0.2, 0) is 0 Å². The van der Waals surface area contributed by atoms with Crippen LogP contribution in [0.15, 0.2) is 42.5 Å². The predicted octanol–water partition coefficient (Wildman–Crippen LogP) is 4.45. The van der Waals surface area contributed by atoms with Crippen molar-refractivity contribution in [2.45, 2.75) is 19.8 Å². The van der Waals surface area contributed by atoms with Gasteiger partial charge in [0.15, 0.2) is 5.78 Å². The Labute approximate surface area is 123 Å². The van der Waals surface area contributed by atoms with Gasteiger partial charge in [-0.1, -0.05) is 35.9 Å². The quantitative estimate of drug-likeness (QED) is 0.781. The number of hydrogen-bond acceptors (Lipinski definition) is 2. The summed E-state index contributed by atoms with van der Waals surface area (Å²) < 4.78 is 0. The fourth-order valence-corrected chi connectivity index (χ4v) is 2.51. The van der Waals surface area contributed by atoms with Crippen LogP contribution in [0.4, 0.5) is 0 Å².